The van der Waals surface area contributed by atoms with E-state index in [-0.39, 0.29) is 0 Å². The van der Waals surface area contributed by atoms with Crippen LogP contribution in [-0.4, -0.2) is 98.9 Å². The van der Waals surface area contributed by atoms with E-state index in [2.05, 4.69) is 83.1 Å². The molecule has 11 heteroatoms. The lowest BCUT2D eigenvalue weighted by molar-refractivity contribution is -0.256. The number of rotatable bonds is 75. The number of hydrogen-bond donors (Lipinski definition) is 0. The first kappa shape index (κ1) is 107. The Bertz CT molecular complexity index is 1820. The predicted molar refractivity (Wildman–Crippen MR) is 467 cm³/mol. The summed E-state index contributed by atoms with van der Waals surface area (Å²) >= 11 is 0. The van der Waals surface area contributed by atoms with Gasteiger partial charge in [-0.25, -0.2) is 8.42 Å². The maximum absolute atomic E-state index is 10.7. The summed E-state index contributed by atoms with van der Waals surface area (Å²) in [6.45, 7) is 28.4. The van der Waals surface area contributed by atoms with Gasteiger partial charge in [0.15, 0.2) is 0 Å². The number of carboxylic acids is 2. The van der Waals surface area contributed by atoms with E-state index in [0.717, 1.165) is 6.07 Å². The number of aromatic carboxylic acids is 2. The molecule has 0 fully saturated rings. The molecule has 103 heavy (non-hydrogen) atoms. The van der Waals surface area contributed by atoms with Crippen molar-refractivity contribution in [1.29, 1.82) is 0 Å². The van der Waals surface area contributed by atoms with E-state index < -0.39 is 59.9 Å². The van der Waals surface area contributed by atoms with E-state index in [9.17, 15) is 32.8 Å². The van der Waals surface area contributed by atoms with E-state index in [1.807, 2.05) is 0 Å². The Morgan fingerprint density at radius 1 is 0.243 bits per heavy atom. The van der Waals surface area contributed by atoms with Gasteiger partial charge in [0, 0.05) is 27.4 Å². The summed E-state index contributed by atoms with van der Waals surface area (Å²) in [5.41, 5.74) is -1.50. The smallest absolute Gasteiger partial charge is 0.125 e. The number of hydrogen-bond acceptors (Lipinski definition) is 7. The maximum Gasteiger partial charge on any atom is 0.125 e. The van der Waals surface area contributed by atoms with Gasteiger partial charge in [0.1, 0.15) is 10.1 Å². The standard InChI is InChI=1S/3C28H60P.C8H6O7S/c3*1-5-9-13-14-15-16-17-18-19-20-21-22-23-24-28-29(25-10-6-2,26-11-7-3)27-12-8-4;9-7(10)4-1-2-5(8(11)12)6(3-4)16(13,14)15/h3*5-28H2,1-4H3;1-3H,(H,9,10)(H,11,12)(H,13,14,15)/q3*+1;/p-3. The molecule has 0 saturated heterocycles. The Kier molecular flexibility index (Phi) is 82.2. The number of carbonyl (C=O) groups excluding carboxylic acids is 2. The third-order valence-corrected chi connectivity index (χ3v) is 38.6. The Balaban J connectivity index is -0.00000132. The van der Waals surface area contributed by atoms with Gasteiger partial charge in [-0.1, -0.05) is 384 Å². The average molecular weight is 1530 g/mol. The molecule has 0 aliphatic carbocycles. The van der Waals surface area contributed by atoms with Crippen molar-refractivity contribution < 1.29 is 32.8 Å². The molecule has 0 bridgehead atoms. The molecule has 1 aromatic rings. The van der Waals surface area contributed by atoms with Crippen LogP contribution in [0.2, 0.25) is 0 Å². The van der Waals surface area contributed by atoms with Gasteiger partial charge in [-0.15, -0.1) is 0 Å². The fourth-order valence-electron chi connectivity index (χ4n) is 15.4. The second-order valence-corrected chi connectivity index (χ2v) is 47.2. The minimum absolute atomic E-state index is 0.419. The summed E-state index contributed by atoms with van der Waals surface area (Å²) in [6.07, 6.45) is 108. The van der Waals surface area contributed by atoms with Gasteiger partial charge in [-0.05, 0) is 108 Å². The number of benzene rings is 1. The quantitative estimate of drug-likeness (QED) is 0.0360. The largest absolute Gasteiger partial charge is 0.744 e. The molecular weight excluding hydrogens is 1340 g/mol. The van der Waals surface area contributed by atoms with Crippen molar-refractivity contribution in [1.82, 2.24) is 0 Å². The summed E-state index contributed by atoms with van der Waals surface area (Å²) in [5.74, 6) is -3.62. The molecule has 614 valence electrons. The first-order valence-corrected chi connectivity index (χ1v) is 55.0. The van der Waals surface area contributed by atoms with Crippen LogP contribution in [0.3, 0.4) is 0 Å². The summed E-state index contributed by atoms with van der Waals surface area (Å²) in [5, 5.41) is 20.9. The van der Waals surface area contributed by atoms with E-state index in [4.69, 9.17) is 0 Å². The Morgan fingerprint density at radius 3 is 0.544 bits per heavy atom. The van der Waals surface area contributed by atoms with Crippen LogP contribution in [-0.2, 0) is 10.1 Å². The van der Waals surface area contributed by atoms with Crippen LogP contribution in [0.1, 0.15) is 489 Å². The van der Waals surface area contributed by atoms with Crippen molar-refractivity contribution in [3.8, 4) is 0 Å². The van der Waals surface area contributed by atoms with Gasteiger partial charge < -0.3 is 24.4 Å². The Labute approximate surface area is 649 Å². The molecule has 0 radical (unpaired) electrons. The SMILES string of the molecule is CCCCCCCCCCCCCCCC[P+](CCCC)(CCCC)CCCC.CCCCCCCCCCCCCCCC[P+](CCCC)(CCCC)CCCC.CCCCCCCCCCCCCCCC[P+](CCCC)(CCCC)CCCC.O=C([O-])c1ccc(C(=O)[O-])c(S(=O)(=O)[O-])c1. The fraction of sp³-hybridized carbons (Fsp3) is 0.913. The van der Waals surface area contributed by atoms with Gasteiger partial charge in [0.25, 0.3) is 0 Å². The summed E-state index contributed by atoms with van der Waals surface area (Å²) in [6, 6.07) is 1.88. The number of carboxylic acid groups (broad SMARTS) is 2. The maximum atomic E-state index is 10.7. The lowest BCUT2D eigenvalue weighted by atomic mass is 10.0. The fourth-order valence-corrected chi connectivity index (χ4v) is 31.7. The number of unbranched alkanes of at least 4 members (excludes halogenated alkanes) is 48. The normalized spacial score (nSPS) is 11.9. The lowest BCUT2D eigenvalue weighted by Crippen LogP contribution is -2.26. The minimum Gasteiger partial charge on any atom is -0.744 e. The highest BCUT2D eigenvalue weighted by Gasteiger charge is 2.37. The van der Waals surface area contributed by atoms with Crippen molar-refractivity contribution in [2.45, 2.75) is 473 Å². The van der Waals surface area contributed by atoms with Crippen LogP contribution in [0.25, 0.3) is 0 Å². The molecular formula is C92H183O7P3S. The lowest BCUT2D eigenvalue weighted by Gasteiger charge is -2.28. The molecule has 7 nitrogen and oxygen atoms in total. The molecule has 1 rings (SSSR count). The van der Waals surface area contributed by atoms with Crippen molar-refractivity contribution in [2.24, 2.45) is 0 Å². The van der Waals surface area contributed by atoms with Crippen molar-refractivity contribution in [2.75, 3.05) is 73.9 Å². The summed E-state index contributed by atoms with van der Waals surface area (Å²) < 4.78 is 32.0. The monoisotopic (exact) mass is 1530 g/mol. The molecule has 0 aromatic heterocycles. The summed E-state index contributed by atoms with van der Waals surface area (Å²) in [7, 11) is -6.99. The zero-order valence-corrected chi connectivity index (χ0v) is 75.3. The zero-order valence-electron chi connectivity index (χ0n) is 71.8. The van der Waals surface area contributed by atoms with Crippen LogP contribution in [0, 0.1) is 0 Å². The van der Waals surface area contributed by atoms with E-state index >= 15 is 0 Å². The van der Waals surface area contributed by atoms with Crippen molar-refractivity contribution in [3.63, 3.8) is 0 Å². The Morgan fingerprint density at radius 2 is 0.398 bits per heavy atom. The average Bonchev–Trinajstić information content (AvgIpc) is 0.807. The molecule has 0 atom stereocenters. The molecule has 0 amide bonds. The van der Waals surface area contributed by atoms with Gasteiger partial charge in [-0.2, -0.15) is 0 Å². The topological polar surface area (TPSA) is 137 Å². The molecule has 0 heterocycles. The van der Waals surface area contributed by atoms with Crippen LogP contribution in [0.15, 0.2) is 23.1 Å². The third-order valence-electron chi connectivity index (χ3n) is 22.5. The van der Waals surface area contributed by atoms with Crippen LogP contribution < -0.4 is 10.2 Å². The van der Waals surface area contributed by atoms with E-state index in [1.54, 1.807) is 93.2 Å². The van der Waals surface area contributed by atoms with Crippen LogP contribution in [0.4, 0.5) is 0 Å². The molecule has 1 aromatic carbocycles. The van der Waals surface area contributed by atoms with Gasteiger partial charge in [0.05, 0.1) is 90.8 Å². The van der Waals surface area contributed by atoms with Gasteiger partial charge in [0.2, 0.25) is 0 Å². The Hall–Kier alpha value is -0.640. The molecule has 0 N–H and O–H groups in total. The zero-order chi connectivity index (χ0) is 76.9. The minimum atomic E-state index is -5.10. The first-order valence-electron chi connectivity index (χ1n) is 46.0. The highest BCUT2D eigenvalue weighted by atomic mass is 32.2. The second-order valence-electron chi connectivity index (χ2n) is 32.4. The first-order chi connectivity index (χ1) is 50.0. The van der Waals surface area contributed by atoms with Crippen molar-refractivity contribution in [3.05, 3.63) is 29.3 Å². The van der Waals surface area contributed by atoms with Crippen LogP contribution in [0.5, 0.6) is 0 Å². The highest BCUT2D eigenvalue weighted by molar-refractivity contribution is 7.85. The van der Waals surface area contributed by atoms with Gasteiger partial charge in [-0.3, -0.25) is 0 Å². The summed E-state index contributed by atoms with van der Waals surface area (Å²) in [4.78, 5) is 19.7. The van der Waals surface area contributed by atoms with E-state index in [1.165, 1.54) is 366 Å². The second kappa shape index (κ2) is 79.4. The highest BCUT2D eigenvalue weighted by Crippen LogP contribution is 2.63. The number of carbonyl (C=O) groups is 2. The predicted octanol–water partition coefficient (Wildman–Crippen LogP) is 30.0. The third kappa shape index (κ3) is 66.8. The van der Waals surface area contributed by atoms with Crippen molar-refractivity contribution >= 4 is 43.8 Å². The molecule has 0 unspecified atom stereocenters. The molecule has 0 aliphatic rings. The molecule has 0 saturated carbocycles. The van der Waals surface area contributed by atoms with Gasteiger partial charge >= 0.3 is 0 Å². The molecule has 0 spiro atoms. The van der Waals surface area contributed by atoms with Crippen LogP contribution >= 0.6 is 21.8 Å². The molecule has 0 aliphatic heterocycles. The van der Waals surface area contributed by atoms with E-state index in [0.29, 0.717) is 12.1 Å².